The number of ether oxygens (including phenoxy) is 1. The van der Waals surface area contributed by atoms with Crippen LogP contribution >= 0.6 is 0 Å². The number of aryl methyl sites for hydroxylation is 1. The van der Waals surface area contributed by atoms with Gasteiger partial charge in [-0.1, -0.05) is 31.2 Å². The number of benzene rings is 1. The van der Waals surface area contributed by atoms with E-state index in [4.69, 9.17) is 4.74 Å². The highest BCUT2D eigenvalue weighted by atomic mass is 16.5. The van der Waals surface area contributed by atoms with Crippen molar-refractivity contribution in [2.45, 2.75) is 32.9 Å². The van der Waals surface area contributed by atoms with Crippen molar-refractivity contribution >= 4 is 5.91 Å². The summed E-state index contributed by atoms with van der Waals surface area (Å²) in [4.78, 5) is 19.6. The van der Waals surface area contributed by atoms with Crippen molar-refractivity contribution in [3.63, 3.8) is 0 Å². The Morgan fingerprint density at radius 2 is 2.11 bits per heavy atom. The summed E-state index contributed by atoms with van der Waals surface area (Å²) in [5.74, 6) is 0.287. The van der Waals surface area contributed by atoms with Gasteiger partial charge in [0.1, 0.15) is 11.7 Å². The topological polar surface area (TPSA) is 74.7 Å². The molecule has 0 radical (unpaired) electrons. The minimum absolute atomic E-state index is 0.0870. The number of carbonyl (C=O) groups is 1. The molecule has 0 saturated heterocycles. The predicted molar refractivity (Wildman–Crippen MR) is 110 cm³/mol. The number of pyridine rings is 1. The zero-order valence-corrected chi connectivity index (χ0v) is 17.0. The molecule has 0 unspecified atom stereocenters. The number of fused-ring (bicyclic) bond motifs is 1. The Labute approximate surface area is 166 Å². The molecule has 1 aliphatic rings. The quantitative estimate of drug-likeness (QED) is 0.830. The minimum Gasteiger partial charge on any atom is -0.472 e. The third-order valence-electron chi connectivity index (χ3n) is 5.38. The number of aliphatic hydroxyl groups is 1. The first kappa shape index (κ1) is 20.3. The number of aliphatic hydroxyl groups excluding tert-OH is 1. The molecule has 28 heavy (non-hydrogen) atoms. The third-order valence-corrected chi connectivity index (χ3v) is 5.38. The fourth-order valence-corrected chi connectivity index (χ4v) is 3.59. The molecule has 6 heteroatoms. The Kier molecular flexibility index (Phi) is 6.31. The Balaban J connectivity index is 2.09. The number of amides is 1. The summed E-state index contributed by atoms with van der Waals surface area (Å²) in [5, 5.41) is 12.8. The molecule has 1 aromatic heterocycles. The molecule has 2 heterocycles. The summed E-state index contributed by atoms with van der Waals surface area (Å²) < 4.78 is 6.16. The van der Waals surface area contributed by atoms with E-state index >= 15 is 0 Å². The number of carbonyl (C=O) groups excluding carboxylic acids is 1. The van der Waals surface area contributed by atoms with Gasteiger partial charge in [0, 0.05) is 30.8 Å². The van der Waals surface area contributed by atoms with Crippen LogP contribution in [0, 0.1) is 12.8 Å². The van der Waals surface area contributed by atoms with Crippen molar-refractivity contribution in [3.05, 3.63) is 47.7 Å². The fraction of sp³-hybridized carbons (Fsp3) is 0.455. The second kappa shape index (κ2) is 8.71. The van der Waals surface area contributed by atoms with E-state index in [0.29, 0.717) is 24.5 Å². The number of hydrogen-bond acceptors (Lipinski definition) is 5. The van der Waals surface area contributed by atoms with Crippen LogP contribution in [0.5, 0.6) is 5.88 Å². The first-order chi connectivity index (χ1) is 13.5. The first-order valence-corrected chi connectivity index (χ1v) is 9.75. The summed E-state index contributed by atoms with van der Waals surface area (Å²) in [5.41, 5.74) is 3.47. The van der Waals surface area contributed by atoms with E-state index in [1.165, 1.54) is 0 Å². The molecule has 0 aliphatic carbocycles. The van der Waals surface area contributed by atoms with Gasteiger partial charge in [0.25, 0.3) is 5.91 Å². The molecule has 1 amide bonds. The van der Waals surface area contributed by atoms with Gasteiger partial charge in [0.15, 0.2) is 0 Å². The van der Waals surface area contributed by atoms with Crippen molar-refractivity contribution in [2.24, 2.45) is 5.92 Å². The maximum Gasteiger partial charge on any atom is 0.259 e. The standard InChI is InChI=1S/C22H29N3O3/c1-14-7-5-6-8-18(14)17-9-19-21(24-10-17)28-20(11-23-4)15(2)12-25(22(19)27)16(3)13-26/h5-10,15-16,20,23,26H,11-13H2,1-4H3/t15-,16-,20-/m0/s1. The molecular weight excluding hydrogens is 354 g/mol. The number of hydrogen-bond donors (Lipinski definition) is 2. The highest BCUT2D eigenvalue weighted by Crippen LogP contribution is 2.31. The molecule has 0 spiro atoms. The average molecular weight is 383 g/mol. The van der Waals surface area contributed by atoms with Gasteiger partial charge in [0.2, 0.25) is 5.88 Å². The van der Waals surface area contributed by atoms with Crippen LogP contribution in [0.1, 0.15) is 29.8 Å². The van der Waals surface area contributed by atoms with Crippen LogP contribution in [0.25, 0.3) is 11.1 Å². The Hall–Kier alpha value is -2.44. The molecule has 0 fully saturated rings. The number of aromatic nitrogens is 1. The normalized spacial score (nSPS) is 20.8. The molecular formula is C22H29N3O3. The summed E-state index contributed by atoms with van der Waals surface area (Å²) >= 11 is 0. The SMILES string of the molecule is CNC[C@@H]1Oc2ncc(-c3ccccc3C)cc2C(=O)N([C@@H](C)CO)C[C@@H]1C. The van der Waals surface area contributed by atoms with Gasteiger partial charge in [-0.15, -0.1) is 0 Å². The number of nitrogens with one attached hydrogen (secondary N) is 1. The van der Waals surface area contributed by atoms with Gasteiger partial charge < -0.3 is 20.1 Å². The average Bonchev–Trinajstić information content (AvgIpc) is 2.70. The van der Waals surface area contributed by atoms with Crippen molar-refractivity contribution < 1.29 is 14.6 Å². The lowest BCUT2D eigenvalue weighted by Gasteiger charge is -2.36. The molecule has 150 valence electrons. The van der Waals surface area contributed by atoms with Crippen LogP contribution in [0.15, 0.2) is 36.5 Å². The van der Waals surface area contributed by atoms with Crippen molar-refractivity contribution in [3.8, 4) is 17.0 Å². The molecule has 2 N–H and O–H groups in total. The van der Waals surface area contributed by atoms with Crippen LogP contribution < -0.4 is 10.1 Å². The molecule has 6 nitrogen and oxygen atoms in total. The molecule has 0 saturated carbocycles. The van der Waals surface area contributed by atoms with E-state index in [1.807, 2.05) is 51.2 Å². The number of likely N-dealkylation sites (N-methyl/N-ethyl adjacent to an activating group) is 1. The highest BCUT2D eigenvalue weighted by Gasteiger charge is 2.33. The molecule has 3 rings (SSSR count). The van der Waals surface area contributed by atoms with Crippen LogP contribution in [0.3, 0.4) is 0 Å². The molecule has 1 aromatic carbocycles. The van der Waals surface area contributed by atoms with Crippen molar-refractivity contribution in [2.75, 3.05) is 26.7 Å². The van der Waals surface area contributed by atoms with Gasteiger partial charge in [-0.3, -0.25) is 4.79 Å². The summed E-state index contributed by atoms with van der Waals surface area (Å²) in [6.07, 6.45) is 1.64. The number of rotatable bonds is 5. The Morgan fingerprint density at radius 1 is 1.36 bits per heavy atom. The van der Waals surface area contributed by atoms with Crippen molar-refractivity contribution in [1.29, 1.82) is 0 Å². The van der Waals surface area contributed by atoms with E-state index in [0.717, 1.165) is 16.7 Å². The zero-order chi connectivity index (χ0) is 20.3. The van der Waals surface area contributed by atoms with E-state index < -0.39 is 0 Å². The second-order valence-corrected chi connectivity index (χ2v) is 7.57. The van der Waals surface area contributed by atoms with Crippen LogP contribution in [-0.2, 0) is 0 Å². The monoisotopic (exact) mass is 383 g/mol. The molecule has 0 bridgehead atoms. The van der Waals surface area contributed by atoms with E-state index in [-0.39, 0.29) is 30.6 Å². The molecule has 3 atom stereocenters. The van der Waals surface area contributed by atoms with Gasteiger partial charge in [-0.05, 0) is 38.1 Å². The Bertz CT molecular complexity index is 840. The number of nitrogens with zero attached hydrogens (tertiary/aromatic N) is 2. The summed E-state index contributed by atoms with van der Waals surface area (Å²) in [6.45, 7) is 7.03. The fourth-order valence-electron chi connectivity index (χ4n) is 3.59. The predicted octanol–water partition coefficient (Wildman–Crippen LogP) is 2.50. The lowest BCUT2D eigenvalue weighted by Crippen LogP contribution is -2.49. The lowest BCUT2D eigenvalue weighted by atomic mass is 9.98. The summed E-state index contributed by atoms with van der Waals surface area (Å²) in [6, 6.07) is 9.60. The maximum absolute atomic E-state index is 13.3. The van der Waals surface area contributed by atoms with Gasteiger partial charge >= 0.3 is 0 Å². The zero-order valence-electron chi connectivity index (χ0n) is 17.0. The highest BCUT2D eigenvalue weighted by molar-refractivity contribution is 5.98. The van der Waals surface area contributed by atoms with Gasteiger partial charge in [0.05, 0.1) is 12.6 Å². The summed E-state index contributed by atoms with van der Waals surface area (Å²) in [7, 11) is 1.88. The minimum atomic E-state index is -0.279. The van der Waals surface area contributed by atoms with Crippen LogP contribution in [-0.4, -0.2) is 59.8 Å². The molecule has 1 aliphatic heterocycles. The van der Waals surface area contributed by atoms with E-state index in [9.17, 15) is 9.90 Å². The maximum atomic E-state index is 13.3. The largest absolute Gasteiger partial charge is 0.472 e. The smallest absolute Gasteiger partial charge is 0.259 e. The third kappa shape index (κ3) is 4.03. The van der Waals surface area contributed by atoms with Crippen molar-refractivity contribution in [1.82, 2.24) is 15.2 Å². The molecule has 2 aromatic rings. The van der Waals surface area contributed by atoms with Gasteiger partial charge in [-0.25, -0.2) is 4.98 Å². The first-order valence-electron chi connectivity index (χ1n) is 9.75. The Morgan fingerprint density at radius 3 is 2.79 bits per heavy atom. The van der Waals surface area contributed by atoms with Gasteiger partial charge in [-0.2, -0.15) is 0 Å². The van der Waals surface area contributed by atoms with Crippen LogP contribution in [0.2, 0.25) is 0 Å². The van der Waals surface area contributed by atoms with Crippen LogP contribution in [0.4, 0.5) is 0 Å². The lowest BCUT2D eigenvalue weighted by molar-refractivity contribution is 0.0404. The second-order valence-electron chi connectivity index (χ2n) is 7.57. The van der Waals surface area contributed by atoms with E-state index in [2.05, 4.69) is 17.2 Å². The van der Waals surface area contributed by atoms with E-state index in [1.54, 1.807) is 11.1 Å².